The van der Waals surface area contributed by atoms with Crippen LogP contribution in [0, 0.1) is 11.8 Å². The molecule has 2 aromatic carbocycles. The SMILES string of the molecule is CC(=O)CNC(=O)c1c(O)c2ccccc2n(OCC2CC2)c1=O.CCOC(=O)CNC(=O)c1c(O)c2ccccc2n(OCC2CC2)c1=O. The number of amides is 2. The molecule has 2 saturated carbocycles. The van der Waals surface area contributed by atoms with E-state index < -0.39 is 58.1 Å². The summed E-state index contributed by atoms with van der Waals surface area (Å²) in [4.78, 5) is 83.7. The third kappa shape index (κ3) is 8.22. The zero-order valence-electron chi connectivity index (χ0n) is 27.6. The number of hydrogen-bond donors (Lipinski definition) is 4. The van der Waals surface area contributed by atoms with E-state index >= 15 is 0 Å². The molecular formula is C35H38N4O11. The van der Waals surface area contributed by atoms with Gasteiger partial charge in [-0.1, -0.05) is 24.3 Å². The van der Waals surface area contributed by atoms with Crippen LogP contribution in [0.25, 0.3) is 21.8 Å². The van der Waals surface area contributed by atoms with Crippen molar-refractivity contribution >= 4 is 45.4 Å². The second-order valence-corrected chi connectivity index (χ2v) is 12.0. The first-order valence-electron chi connectivity index (χ1n) is 16.2. The summed E-state index contributed by atoms with van der Waals surface area (Å²) in [7, 11) is 0. The zero-order chi connectivity index (χ0) is 35.9. The molecular weight excluding hydrogens is 652 g/mol. The lowest BCUT2D eigenvalue weighted by molar-refractivity contribution is -0.141. The van der Waals surface area contributed by atoms with Crippen LogP contribution in [0.3, 0.4) is 0 Å². The van der Waals surface area contributed by atoms with Gasteiger partial charge in [-0.05, 0) is 75.6 Å². The van der Waals surface area contributed by atoms with Gasteiger partial charge in [0.15, 0.2) is 5.56 Å². The van der Waals surface area contributed by atoms with Gasteiger partial charge >= 0.3 is 5.97 Å². The lowest BCUT2D eigenvalue weighted by atomic mass is 10.1. The predicted octanol–water partition coefficient (Wildman–Crippen LogP) is 1.70. The number of rotatable bonds is 13. The second kappa shape index (κ2) is 15.6. The number of ketones is 1. The van der Waals surface area contributed by atoms with Gasteiger partial charge in [0.05, 0.1) is 24.2 Å². The average Bonchev–Trinajstić information content (AvgIpc) is 4.04. The van der Waals surface area contributed by atoms with Crippen LogP contribution in [0.5, 0.6) is 11.5 Å². The maximum Gasteiger partial charge on any atom is 0.325 e. The molecule has 0 radical (unpaired) electrons. The van der Waals surface area contributed by atoms with Crippen LogP contribution in [0.1, 0.15) is 60.2 Å². The van der Waals surface area contributed by atoms with Gasteiger partial charge in [0, 0.05) is 10.8 Å². The summed E-state index contributed by atoms with van der Waals surface area (Å²) in [5, 5.41) is 26.1. The summed E-state index contributed by atoms with van der Waals surface area (Å²) in [6.07, 6.45) is 4.18. The van der Waals surface area contributed by atoms with Gasteiger partial charge in [-0.15, -0.1) is 9.46 Å². The summed E-state index contributed by atoms with van der Waals surface area (Å²) in [6, 6.07) is 13.2. The largest absolute Gasteiger partial charge is 0.506 e. The topological polar surface area (TPSA) is 204 Å². The molecule has 6 rings (SSSR count). The van der Waals surface area contributed by atoms with Crippen LogP contribution in [0.15, 0.2) is 58.1 Å². The minimum absolute atomic E-state index is 0.178. The molecule has 0 unspecified atom stereocenters. The lowest BCUT2D eigenvalue weighted by Crippen LogP contribution is -2.38. The molecule has 2 aliphatic carbocycles. The molecule has 2 heterocycles. The van der Waals surface area contributed by atoms with E-state index in [2.05, 4.69) is 10.6 Å². The van der Waals surface area contributed by atoms with E-state index in [1.165, 1.54) is 6.92 Å². The molecule has 0 bridgehead atoms. The first-order chi connectivity index (χ1) is 24.0. The van der Waals surface area contributed by atoms with E-state index in [1.807, 2.05) is 0 Å². The van der Waals surface area contributed by atoms with Crippen LogP contribution in [-0.2, 0) is 14.3 Å². The number of carbonyl (C=O) groups is 4. The number of aromatic nitrogens is 2. The van der Waals surface area contributed by atoms with E-state index in [0.29, 0.717) is 46.9 Å². The highest BCUT2D eigenvalue weighted by Gasteiger charge is 2.28. The Balaban J connectivity index is 0.000000195. The number of hydrogen-bond acceptors (Lipinski definition) is 11. The normalized spacial score (nSPS) is 13.6. The number of nitrogens with zero attached hydrogens (tertiary/aromatic N) is 2. The average molecular weight is 691 g/mol. The fourth-order valence-corrected chi connectivity index (χ4v) is 4.94. The van der Waals surface area contributed by atoms with E-state index in [9.17, 15) is 39.0 Å². The highest BCUT2D eigenvalue weighted by molar-refractivity contribution is 6.04. The Labute approximate surface area is 285 Å². The number of para-hydroxylation sites is 2. The van der Waals surface area contributed by atoms with E-state index in [1.54, 1.807) is 55.5 Å². The minimum atomic E-state index is -0.866. The van der Waals surface area contributed by atoms with E-state index in [-0.39, 0.29) is 18.9 Å². The molecule has 0 aliphatic heterocycles. The molecule has 0 saturated heterocycles. The third-order valence-electron chi connectivity index (χ3n) is 7.95. The van der Waals surface area contributed by atoms with Crippen molar-refractivity contribution in [2.24, 2.45) is 11.8 Å². The van der Waals surface area contributed by atoms with Gasteiger partial charge in [0.1, 0.15) is 42.6 Å². The number of nitrogens with one attached hydrogen (secondary N) is 2. The maximum absolute atomic E-state index is 12.7. The van der Waals surface area contributed by atoms with Crippen LogP contribution < -0.4 is 31.4 Å². The molecule has 2 fully saturated rings. The van der Waals surface area contributed by atoms with Crippen molar-refractivity contribution in [3.05, 3.63) is 80.4 Å². The van der Waals surface area contributed by atoms with E-state index in [4.69, 9.17) is 14.4 Å². The highest BCUT2D eigenvalue weighted by atomic mass is 16.7. The quantitative estimate of drug-likeness (QED) is 0.149. The number of Topliss-reactive ketones (excluding diaryl/α,β-unsaturated/α-hetero) is 1. The number of ether oxygens (including phenoxy) is 1. The van der Waals surface area contributed by atoms with Crippen molar-refractivity contribution in [2.75, 3.05) is 32.9 Å². The zero-order valence-corrected chi connectivity index (χ0v) is 27.6. The van der Waals surface area contributed by atoms with Crippen molar-refractivity contribution in [1.29, 1.82) is 0 Å². The number of pyridine rings is 2. The monoisotopic (exact) mass is 690 g/mol. The Morgan fingerprint density at radius 2 is 1.14 bits per heavy atom. The number of benzene rings is 2. The highest BCUT2D eigenvalue weighted by Crippen LogP contribution is 2.30. The van der Waals surface area contributed by atoms with Gasteiger partial charge in [-0.3, -0.25) is 28.8 Å². The molecule has 4 aromatic rings. The fourth-order valence-electron chi connectivity index (χ4n) is 4.94. The molecule has 264 valence electrons. The van der Waals surface area contributed by atoms with Crippen molar-refractivity contribution in [3.8, 4) is 11.5 Å². The molecule has 0 atom stereocenters. The maximum atomic E-state index is 12.7. The molecule has 4 N–H and O–H groups in total. The molecule has 0 spiro atoms. The Hall–Kier alpha value is -5.86. The van der Waals surface area contributed by atoms with Gasteiger partial charge in [-0.25, -0.2) is 0 Å². The van der Waals surface area contributed by atoms with Crippen molar-refractivity contribution in [1.82, 2.24) is 20.1 Å². The Bertz CT molecular complexity index is 2060. The Kier molecular flexibility index (Phi) is 11.0. The van der Waals surface area contributed by atoms with Crippen molar-refractivity contribution < 1.29 is 43.8 Å². The lowest BCUT2D eigenvalue weighted by Gasteiger charge is -2.15. The molecule has 2 aliphatic rings. The fraction of sp³-hybridized carbons (Fsp3) is 0.371. The summed E-state index contributed by atoms with van der Waals surface area (Å²) in [6.45, 7) is 3.26. The van der Waals surface area contributed by atoms with Crippen molar-refractivity contribution in [2.45, 2.75) is 39.5 Å². The first-order valence-corrected chi connectivity index (χ1v) is 16.2. The number of fused-ring (bicyclic) bond motifs is 2. The summed E-state index contributed by atoms with van der Waals surface area (Å²) >= 11 is 0. The number of carbonyl (C=O) groups excluding carboxylic acids is 4. The molecule has 2 amide bonds. The van der Waals surface area contributed by atoms with Crippen LogP contribution in [0.2, 0.25) is 0 Å². The van der Waals surface area contributed by atoms with E-state index in [0.717, 1.165) is 35.1 Å². The molecule has 2 aromatic heterocycles. The smallest absolute Gasteiger partial charge is 0.325 e. The van der Waals surface area contributed by atoms with Gasteiger partial charge in [0.2, 0.25) is 0 Å². The third-order valence-corrected chi connectivity index (χ3v) is 7.95. The summed E-state index contributed by atoms with van der Waals surface area (Å²) in [5.74, 6) is -2.60. The Morgan fingerprint density at radius 1 is 0.720 bits per heavy atom. The summed E-state index contributed by atoms with van der Waals surface area (Å²) in [5.41, 5.74) is -1.65. The van der Waals surface area contributed by atoms with Crippen molar-refractivity contribution in [3.63, 3.8) is 0 Å². The molecule has 15 nitrogen and oxygen atoms in total. The minimum Gasteiger partial charge on any atom is -0.506 e. The number of aromatic hydroxyl groups is 2. The molecule has 50 heavy (non-hydrogen) atoms. The van der Waals surface area contributed by atoms with Gasteiger partial charge in [0.25, 0.3) is 22.9 Å². The number of esters is 1. The van der Waals surface area contributed by atoms with Crippen LogP contribution >= 0.6 is 0 Å². The predicted molar refractivity (Wildman–Crippen MR) is 180 cm³/mol. The molecule has 15 heteroatoms. The standard InChI is InChI=1S/C18H20N2O6.C17H18N2O5/c1-2-25-14(21)9-19-17(23)15-16(22)12-5-3-4-6-13(12)20(18(15)24)26-10-11-7-8-11;1-10(20)8-18-16(22)14-15(21)12-4-2-3-5-13(12)19(17(14)23)24-9-11-6-7-11/h3-6,11,22H,2,7-10H2,1H3,(H,19,23);2-5,11,21H,6-9H2,1H3,(H,18,22). The summed E-state index contributed by atoms with van der Waals surface area (Å²) < 4.78 is 6.82. The van der Waals surface area contributed by atoms with Gasteiger partial charge in [-0.2, -0.15) is 0 Å². The first kappa shape index (κ1) is 35.4. The van der Waals surface area contributed by atoms with Crippen LogP contribution in [0.4, 0.5) is 0 Å². The second-order valence-electron chi connectivity index (χ2n) is 12.0. The Morgan fingerprint density at radius 3 is 1.54 bits per heavy atom. The van der Waals surface area contributed by atoms with Crippen LogP contribution in [-0.4, -0.2) is 76.2 Å². The van der Waals surface area contributed by atoms with Gasteiger partial charge < -0.3 is 35.3 Å².